The van der Waals surface area contributed by atoms with Gasteiger partial charge in [-0.15, -0.1) is 0 Å². The van der Waals surface area contributed by atoms with E-state index in [9.17, 15) is 14.7 Å². The van der Waals surface area contributed by atoms with Gasteiger partial charge in [-0.3, -0.25) is 9.59 Å². The molecule has 0 spiro atoms. The Morgan fingerprint density at radius 2 is 1.81 bits per heavy atom. The molecule has 0 aliphatic heterocycles. The van der Waals surface area contributed by atoms with Crippen molar-refractivity contribution >= 4 is 28.4 Å². The van der Waals surface area contributed by atoms with Crippen molar-refractivity contribution in [2.24, 2.45) is 5.92 Å². The first-order valence-electron chi connectivity index (χ1n) is 6.98. The second-order valence-electron chi connectivity index (χ2n) is 5.54. The molecular formula is C18H16O3. The normalized spacial score (nSPS) is 15.9. The predicted molar refractivity (Wildman–Crippen MR) is 82.2 cm³/mol. The molecule has 0 heterocycles. The van der Waals surface area contributed by atoms with E-state index < -0.39 is 11.6 Å². The summed E-state index contributed by atoms with van der Waals surface area (Å²) in [5, 5.41) is 11.1. The molecule has 2 aromatic carbocycles. The molecule has 0 saturated carbocycles. The highest BCUT2D eigenvalue weighted by Gasteiger charge is 2.31. The Balaban J connectivity index is 2.32. The summed E-state index contributed by atoms with van der Waals surface area (Å²) in [5.74, 6) is -1.31. The number of ketones is 2. The SMILES string of the molecule is Cc1cccc2c3c(ccc12)C=C(C(C)CO)C(=O)C3=O. The van der Waals surface area contributed by atoms with Crippen LogP contribution in [-0.2, 0) is 4.79 Å². The van der Waals surface area contributed by atoms with Gasteiger partial charge in [0.15, 0.2) is 0 Å². The van der Waals surface area contributed by atoms with Crippen LogP contribution in [0.4, 0.5) is 0 Å². The van der Waals surface area contributed by atoms with E-state index in [0.717, 1.165) is 21.9 Å². The molecule has 3 nitrogen and oxygen atoms in total. The lowest BCUT2D eigenvalue weighted by Crippen LogP contribution is -2.26. The minimum absolute atomic E-state index is 0.146. The molecule has 1 unspecified atom stereocenters. The molecule has 0 saturated heterocycles. The molecule has 0 radical (unpaired) electrons. The summed E-state index contributed by atoms with van der Waals surface area (Å²) in [4.78, 5) is 24.8. The van der Waals surface area contributed by atoms with Crippen molar-refractivity contribution < 1.29 is 14.7 Å². The van der Waals surface area contributed by atoms with Gasteiger partial charge in [-0.1, -0.05) is 37.3 Å². The van der Waals surface area contributed by atoms with E-state index in [4.69, 9.17) is 0 Å². The molecule has 0 bridgehead atoms. The quantitative estimate of drug-likeness (QED) is 0.860. The molecule has 3 rings (SSSR count). The summed E-state index contributed by atoms with van der Waals surface area (Å²) in [6.45, 7) is 3.58. The maximum absolute atomic E-state index is 12.5. The number of carbonyl (C=O) groups is 2. The van der Waals surface area contributed by atoms with Crippen molar-refractivity contribution in [3.8, 4) is 0 Å². The Labute approximate surface area is 122 Å². The van der Waals surface area contributed by atoms with E-state index >= 15 is 0 Å². The Hall–Kier alpha value is -2.26. The summed E-state index contributed by atoms with van der Waals surface area (Å²) in [6.07, 6.45) is 1.74. The van der Waals surface area contributed by atoms with Gasteiger partial charge in [0.2, 0.25) is 11.6 Å². The molecule has 21 heavy (non-hydrogen) atoms. The van der Waals surface area contributed by atoms with E-state index in [1.165, 1.54) is 0 Å². The van der Waals surface area contributed by atoms with Gasteiger partial charge in [0, 0.05) is 23.7 Å². The molecule has 0 aromatic heterocycles. The molecule has 0 amide bonds. The number of carbonyl (C=O) groups excluding carboxylic acids is 2. The number of aryl methyl sites for hydroxylation is 1. The number of rotatable bonds is 2. The van der Waals surface area contributed by atoms with Crippen LogP contribution in [0.2, 0.25) is 0 Å². The number of benzene rings is 2. The number of hydrogen-bond acceptors (Lipinski definition) is 3. The number of hydrogen-bond donors (Lipinski definition) is 1. The van der Waals surface area contributed by atoms with E-state index in [1.54, 1.807) is 13.0 Å². The smallest absolute Gasteiger partial charge is 0.234 e. The number of aliphatic hydroxyl groups excluding tert-OH is 1. The van der Waals surface area contributed by atoms with Crippen molar-refractivity contribution in [2.45, 2.75) is 13.8 Å². The molecule has 106 valence electrons. The summed E-state index contributed by atoms with van der Waals surface area (Å²) in [6, 6.07) is 9.61. The Morgan fingerprint density at radius 1 is 1.05 bits per heavy atom. The highest BCUT2D eigenvalue weighted by Crippen LogP contribution is 2.32. The molecule has 1 aliphatic carbocycles. The maximum Gasteiger partial charge on any atom is 0.234 e. The van der Waals surface area contributed by atoms with Crippen LogP contribution in [0.15, 0.2) is 35.9 Å². The van der Waals surface area contributed by atoms with Crippen molar-refractivity contribution in [3.63, 3.8) is 0 Å². The second-order valence-corrected chi connectivity index (χ2v) is 5.54. The van der Waals surface area contributed by atoms with Crippen molar-refractivity contribution in [3.05, 3.63) is 52.6 Å². The van der Waals surface area contributed by atoms with Gasteiger partial charge in [-0.2, -0.15) is 0 Å². The number of Topliss-reactive ketones (excluding diaryl/α,β-unsaturated/α-hetero) is 2. The van der Waals surface area contributed by atoms with E-state index in [1.807, 2.05) is 37.3 Å². The molecule has 0 fully saturated rings. The van der Waals surface area contributed by atoms with E-state index in [-0.39, 0.29) is 12.5 Å². The van der Waals surface area contributed by atoms with Crippen molar-refractivity contribution in [2.75, 3.05) is 6.61 Å². The fourth-order valence-electron chi connectivity index (χ4n) is 2.85. The molecular weight excluding hydrogens is 264 g/mol. The fourth-order valence-corrected chi connectivity index (χ4v) is 2.85. The first-order valence-corrected chi connectivity index (χ1v) is 6.98. The van der Waals surface area contributed by atoms with Crippen molar-refractivity contribution in [1.29, 1.82) is 0 Å². The van der Waals surface area contributed by atoms with E-state index in [0.29, 0.717) is 11.1 Å². The third-order valence-electron chi connectivity index (χ3n) is 4.12. The zero-order valence-corrected chi connectivity index (χ0v) is 12.0. The van der Waals surface area contributed by atoms with Crippen LogP contribution in [0.5, 0.6) is 0 Å². The van der Waals surface area contributed by atoms with Crippen LogP contribution in [0.25, 0.3) is 16.8 Å². The summed E-state index contributed by atoms with van der Waals surface area (Å²) < 4.78 is 0. The third kappa shape index (κ3) is 2.01. The van der Waals surface area contributed by atoms with Crippen LogP contribution in [0, 0.1) is 12.8 Å². The van der Waals surface area contributed by atoms with Crippen LogP contribution >= 0.6 is 0 Å². The Kier molecular flexibility index (Phi) is 3.22. The van der Waals surface area contributed by atoms with Gasteiger partial charge in [0.05, 0.1) is 0 Å². The maximum atomic E-state index is 12.5. The van der Waals surface area contributed by atoms with Crippen LogP contribution in [-0.4, -0.2) is 23.3 Å². The van der Waals surface area contributed by atoms with Crippen LogP contribution < -0.4 is 0 Å². The van der Waals surface area contributed by atoms with Crippen LogP contribution in [0.3, 0.4) is 0 Å². The summed E-state index contributed by atoms with van der Waals surface area (Å²) >= 11 is 0. The van der Waals surface area contributed by atoms with Gasteiger partial charge in [0.1, 0.15) is 0 Å². The van der Waals surface area contributed by atoms with Gasteiger partial charge in [0.25, 0.3) is 0 Å². The minimum atomic E-state index is -0.502. The Bertz CT molecular complexity index is 799. The average molecular weight is 280 g/mol. The fraction of sp³-hybridized carbons (Fsp3) is 0.222. The zero-order chi connectivity index (χ0) is 15.1. The number of fused-ring (bicyclic) bond motifs is 3. The zero-order valence-electron chi connectivity index (χ0n) is 12.0. The number of aliphatic hydroxyl groups is 1. The average Bonchev–Trinajstić information content (AvgIpc) is 2.49. The van der Waals surface area contributed by atoms with Gasteiger partial charge >= 0.3 is 0 Å². The lowest BCUT2D eigenvalue weighted by Gasteiger charge is -2.20. The lowest BCUT2D eigenvalue weighted by atomic mass is 9.82. The highest BCUT2D eigenvalue weighted by atomic mass is 16.3. The summed E-state index contributed by atoms with van der Waals surface area (Å²) in [7, 11) is 0. The van der Waals surface area contributed by atoms with Crippen LogP contribution in [0.1, 0.15) is 28.4 Å². The van der Waals surface area contributed by atoms with Gasteiger partial charge in [-0.05, 0) is 34.9 Å². The Morgan fingerprint density at radius 3 is 2.52 bits per heavy atom. The lowest BCUT2D eigenvalue weighted by molar-refractivity contribution is -0.112. The first kappa shape index (κ1) is 13.7. The molecule has 1 N–H and O–H groups in total. The molecule has 1 aliphatic rings. The minimum Gasteiger partial charge on any atom is -0.396 e. The van der Waals surface area contributed by atoms with Gasteiger partial charge < -0.3 is 5.11 Å². The summed E-state index contributed by atoms with van der Waals surface area (Å²) in [5.41, 5.74) is 2.71. The monoisotopic (exact) mass is 280 g/mol. The predicted octanol–water partition coefficient (Wildman–Crippen LogP) is 2.93. The van der Waals surface area contributed by atoms with Gasteiger partial charge in [-0.25, -0.2) is 0 Å². The highest BCUT2D eigenvalue weighted by molar-refractivity contribution is 6.53. The largest absolute Gasteiger partial charge is 0.396 e. The molecule has 3 heteroatoms. The second kappa shape index (κ2) is 4.93. The van der Waals surface area contributed by atoms with E-state index in [2.05, 4.69) is 0 Å². The first-order chi connectivity index (χ1) is 10.0. The molecule has 2 aromatic rings. The third-order valence-corrected chi connectivity index (χ3v) is 4.12. The topological polar surface area (TPSA) is 54.4 Å². The standard InChI is InChI=1S/C18H16O3/c1-10-4-3-5-14-13(10)7-6-12-8-15(11(2)9-19)17(20)18(21)16(12)14/h3-8,11,19H,9H2,1-2H3. The molecule has 1 atom stereocenters. The van der Waals surface area contributed by atoms with Crippen molar-refractivity contribution in [1.82, 2.24) is 0 Å².